The molecule has 3 aromatic rings. The number of non-ortho nitro benzene ring substituents is 1. The van der Waals surface area contributed by atoms with Crippen LogP contribution in [-0.4, -0.2) is 35.3 Å². The molecule has 0 radical (unpaired) electrons. The highest BCUT2D eigenvalue weighted by molar-refractivity contribution is 6.36. The number of para-hydroxylation sites is 2. The minimum Gasteiger partial charge on any atom is -0.496 e. The standard InChI is InChI=1S/C26H21N3O5/c1-34-22-9-5-3-7-19(22)16-28-25(30)23(18-10-12-20(13-11-18)29(32)33)24(26(28)31)27-15-14-17-6-2-4-8-21(17)27/h2-13H,14-16H2,1H3. The molecule has 0 saturated heterocycles. The molecule has 0 atom stereocenters. The van der Waals surface area contributed by atoms with Gasteiger partial charge in [-0.1, -0.05) is 36.4 Å². The Morgan fingerprint density at radius 1 is 0.941 bits per heavy atom. The molecular formula is C26H21N3O5. The summed E-state index contributed by atoms with van der Waals surface area (Å²) >= 11 is 0. The van der Waals surface area contributed by atoms with Crippen LogP contribution in [-0.2, 0) is 22.6 Å². The van der Waals surface area contributed by atoms with Crippen LogP contribution >= 0.6 is 0 Å². The summed E-state index contributed by atoms with van der Waals surface area (Å²) in [4.78, 5) is 41.1. The van der Waals surface area contributed by atoms with Crippen molar-refractivity contribution in [2.75, 3.05) is 18.6 Å². The molecule has 5 rings (SSSR count). The Hall–Kier alpha value is -4.46. The lowest BCUT2D eigenvalue weighted by Crippen LogP contribution is -2.34. The van der Waals surface area contributed by atoms with Gasteiger partial charge in [0, 0.05) is 29.9 Å². The zero-order valence-electron chi connectivity index (χ0n) is 18.4. The highest BCUT2D eigenvalue weighted by Gasteiger charge is 2.43. The number of carbonyl (C=O) groups is 2. The number of nitro benzene ring substituents is 1. The summed E-state index contributed by atoms with van der Waals surface area (Å²) in [5.41, 5.74) is 3.60. The zero-order chi connectivity index (χ0) is 23.8. The molecule has 0 bridgehead atoms. The lowest BCUT2D eigenvalue weighted by molar-refractivity contribution is -0.384. The third-order valence-electron chi connectivity index (χ3n) is 6.19. The molecular weight excluding hydrogens is 434 g/mol. The lowest BCUT2D eigenvalue weighted by atomic mass is 10.0. The molecule has 2 heterocycles. The highest BCUT2D eigenvalue weighted by Crippen LogP contribution is 2.39. The molecule has 0 spiro atoms. The average molecular weight is 455 g/mol. The second kappa shape index (κ2) is 8.47. The van der Waals surface area contributed by atoms with Crippen molar-refractivity contribution >= 4 is 28.8 Å². The number of nitrogens with zero attached hydrogens (tertiary/aromatic N) is 3. The third-order valence-corrected chi connectivity index (χ3v) is 6.19. The van der Waals surface area contributed by atoms with E-state index in [4.69, 9.17) is 4.74 Å². The van der Waals surface area contributed by atoms with Crippen LogP contribution in [0.2, 0.25) is 0 Å². The van der Waals surface area contributed by atoms with E-state index in [0.29, 0.717) is 29.1 Å². The predicted octanol–water partition coefficient (Wildman–Crippen LogP) is 3.95. The van der Waals surface area contributed by atoms with Crippen LogP contribution in [0, 0.1) is 10.1 Å². The number of amides is 2. The van der Waals surface area contributed by atoms with Crippen LogP contribution < -0.4 is 9.64 Å². The van der Waals surface area contributed by atoms with Gasteiger partial charge in [0.2, 0.25) is 0 Å². The largest absolute Gasteiger partial charge is 0.496 e. The van der Waals surface area contributed by atoms with Gasteiger partial charge >= 0.3 is 0 Å². The summed E-state index contributed by atoms with van der Waals surface area (Å²) < 4.78 is 5.41. The smallest absolute Gasteiger partial charge is 0.278 e. The predicted molar refractivity (Wildman–Crippen MR) is 126 cm³/mol. The SMILES string of the molecule is COc1ccccc1CN1C(=O)C(c2ccc([N+](=O)[O-])cc2)=C(N2CCc3ccccc32)C1=O. The molecule has 3 aromatic carbocycles. The van der Waals surface area contributed by atoms with Crippen molar-refractivity contribution in [2.45, 2.75) is 13.0 Å². The van der Waals surface area contributed by atoms with Crippen LogP contribution in [0.15, 0.2) is 78.5 Å². The van der Waals surface area contributed by atoms with E-state index in [0.717, 1.165) is 17.7 Å². The van der Waals surface area contributed by atoms with Crippen molar-refractivity contribution in [3.8, 4) is 5.75 Å². The second-order valence-corrected chi connectivity index (χ2v) is 8.07. The Morgan fingerprint density at radius 3 is 2.38 bits per heavy atom. The average Bonchev–Trinajstić information content (AvgIpc) is 3.38. The van der Waals surface area contributed by atoms with Crippen molar-refractivity contribution < 1.29 is 19.2 Å². The Morgan fingerprint density at radius 2 is 1.65 bits per heavy atom. The van der Waals surface area contributed by atoms with Crippen LogP contribution in [0.3, 0.4) is 0 Å². The van der Waals surface area contributed by atoms with Crippen molar-refractivity contribution in [1.82, 2.24) is 4.90 Å². The van der Waals surface area contributed by atoms with Crippen LogP contribution in [0.4, 0.5) is 11.4 Å². The minimum atomic E-state index is -0.495. The molecule has 0 aliphatic carbocycles. The first-order valence-corrected chi connectivity index (χ1v) is 10.8. The van der Waals surface area contributed by atoms with Crippen molar-refractivity contribution in [3.63, 3.8) is 0 Å². The molecule has 8 heteroatoms. The Bertz CT molecular complexity index is 1350. The molecule has 170 valence electrons. The number of ether oxygens (including phenoxy) is 1. The quantitative estimate of drug-likeness (QED) is 0.318. The first-order valence-electron chi connectivity index (χ1n) is 10.8. The van der Waals surface area contributed by atoms with Gasteiger partial charge in [-0.25, -0.2) is 0 Å². The molecule has 2 aliphatic rings. The van der Waals surface area contributed by atoms with E-state index < -0.39 is 16.7 Å². The molecule has 0 N–H and O–H groups in total. The summed E-state index contributed by atoms with van der Waals surface area (Å²) in [6.45, 7) is 0.615. The molecule has 8 nitrogen and oxygen atoms in total. The number of imide groups is 1. The van der Waals surface area contributed by atoms with Crippen molar-refractivity contribution in [2.24, 2.45) is 0 Å². The van der Waals surface area contributed by atoms with E-state index in [2.05, 4.69) is 0 Å². The van der Waals surface area contributed by atoms with Crippen LogP contribution in [0.5, 0.6) is 5.75 Å². The maximum absolute atomic E-state index is 13.7. The minimum absolute atomic E-state index is 0.0527. The normalized spacial score (nSPS) is 15.2. The molecule has 0 fully saturated rings. The molecule has 0 unspecified atom stereocenters. The summed E-state index contributed by atoms with van der Waals surface area (Å²) in [7, 11) is 1.54. The van der Waals surface area contributed by atoms with E-state index >= 15 is 0 Å². The Balaban J connectivity index is 1.61. The zero-order valence-corrected chi connectivity index (χ0v) is 18.4. The Kier molecular flexibility index (Phi) is 5.33. The van der Waals surface area contributed by atoms with Gasteiger partial charge < -0.3 is 9.64 Å². The van der Waals surface area contributed by atoms with Crippen LogP contribution in [0.1, 0.15) is 16.7 Å². The van der Waals surface area contributed by atoms with Gasteiger partial charge in [-0.05, 0) is 41.8 Å². The number of hydrogen-bond donors (Lipinski definition) is 0. The third kappa shape index (κ3) is 3.49. The van der Waals surface area contributed by atoms with E-state index in [1.165, 1.54) is 29.2 Å². The van der Waals surface area contributed by atoms with Gasteiger partial charge in [0.25, 0.3) is 17.5 Å². The van der Waals surface area contributed by atoms with Gasteiger partial charge in [-0.3, -0.25) is 24.6 Å². The maximum atomic E-state index is 13.7. The molecule has 2 amide bonds. The first kappa shape index (κ1) is 21.4. The second-order valence-electron chi connectivity index (χ2n) is 8.07. The monoisotopic (exact) mass is 455 g/mol. The number of carbonyl (C=O) groups excluding carboxylic acids is 2. The number of hydrogen-bond acceptors (Lipinski definition) is 6. The summed E-state index contributed by atoms with van der Waals surface area (Å²) in [6.07, 6.45) is 0.751. The Labute approximate surface area is 195 Å². The number of benzene rings is 3. The van der Waals surface area contributed by atoms with E-state index in [-0.39, 0.29) is 17.8 Å². The van der Waals surface area contributed by atoms with Crippen LogP contribution in [0.25, 0.3) is 5.57 Å². The van der Waals surface area contributed by atoms with Gasteiger partial charge in [-0.2, -0.15) is 0 Å². The maximum Gasteiger partial charge on any atom is 0.278 e. The molecule has 0 saturated carbocycles. The highest BCUT2D eigenvalue weighted by atomic mass is 16.6. The van der Waals surface area contributed by atoms with Gasteiger partial charge in [0.15, 0.2) is 0 Å². The summed E-state index contributed by atoms with van der Waals surface area (Å²) in [5, 5.41) is 11.1. The first-order chi connectivity index (χ1) is 16.5. The molecule has 0 aromatic heterocycles. The summed E-state index contributed by atoms with van der Waals surface area (Å²) in [5.74, 6) is -0.259. The lowest BCUT2D eigenvalue weighted by Gasteiger charge is -2.22. The number of methoxy groups -OCH3 is 1. The number of fused-ring (bicyclic) bond motifs is 1. The number of rotatable bonds is 6. The summed E-state index contributed by atoms with van der Waals surface area (Å²) in [6, 6.07) is 20.8. The van der Waals surface area contributed by atoms with Gasteiger partial charge in [0.05, 0.1) is 24.2 Å². The molecule has 34 heavy (non-hydrogen) atoms. The number of nitro groups is 1. The van der Waals surface area contributed by atoms with E-state index in [9.17, 15) is 19.7 Å². The van der Waals surface area contributed by atoms with E-state index in [1.807, 2.05) is 47.4 Å². The fraction of sp³-hybridized carbons (Fsp3) is 0.154. The molecule has 2 aliphatic heterocycles. The fourth-order valence-electron chi connectivity index (χ4n) is 4.54. The topological polar surface area (TPSA) is 93.0 Å². The van der Waals surface area contributed by atoms with Gasteiger partial charge in [0.1, 0.15) is 11.4 Å². The van der Waals surface area contributed by atoms with E-state index in [1.54, 1.807) is 13.2 Å². The van der Waals surface area contributed by atoms with Crippen molar-refractivity contribution in [3.05, 3.63) is 105 Å². The van der Waals surface area contributed by atoms with Gasteiger partial charge in [-0.15, -0.1) is 0 Å². The fourth-order valence-corrected chi connectivity index (χ4v) is 4.54. The van der Waals surface area contributed by atoms with Crippen molar-refractivity contribution in [1.29, 1.82) is 0 Å². The number of anilines is 1.